The van der Waals surface area contributed by atoms with E-state index in [1.807, 2.05) is 0 Å². The topological polar surface area (TPSA) is 71.1 Å². The van der Waals surface area contributed by atoms with Gasteiger partial charge in [0, 0.05) is 0 Å². The monoisotopic (exact) mass is 424 g/mol. The molecule has 3 rings (SSSR count). The summed E-state index contributed by atoms with van der Waals surface area (Å²) in [5.41, 5.74) is 0. The zero-order valence-electron chi connectivity index (χ0n) is 18.5. The van der Waals surface area contributed by atoms with Crippen LogP contribution < -0.4 is 0 Å². The number of carbonyl (C=O) groups excluding carboxylic acids is 2. The van der Waals surface area contributed by atoms with Crippen LogP contribution in [-0.4, -0.2) is 50.6 Å². The lowest BCUT2D eigenvalue weighted by molar-refractivity contribution is -0.157. The van der Waals surface area contributed by atoms with Gasteiger partial charge in [-0.3, -0.25) is 9.59 Å². The zero-order chi connectivity index (χ0) is 21.0. The van der Waals surface area contributed by atoms with Crippen LogP contribution in [0.15, 0.2) is 0 Å². The van der Waals surface area contributed by atoms with E-state index in [1.54, 1.807) is 0 Å². The number of esters is 2. The first-order valence-corrected chi connectivity index (χ1v) is 12.3. The first-order valence-electron chi connectivity index (χ1n) is 12.3. The third-order valence-electron chi connectivity index (χ3n) is 6.86. The Labute approximate surface area is 181 Å². The van der Waals surface area contributed by atoms with Crippen LogP contribution in [0.1, 0.15) is 89.9 Å². The molecule has 0 N–H and O–H groups in total. The maximum Gasteiger partial charge on any atom is 0.309 e. The Morgan fingerprint density at radius 2 is 0.867 bits per heavy atom. The van der Waals surface area contributed by atoms with E-state index < -0.39 is 0 Å². The van der Waals surface area contributed by atoms with Crippen molar-refractivity contribution in [3.8, 4) is 0 Å². The van der Waals surface area contributed by atoms with Gasteiger partial charge in [0.25, 0.3) is 0 Å². The molecule has 0 spiro atoms. The summed E-state index contributed by atoms with van der Waals surface area (Å²) in [5, 5.41) is 0. The summed E-state index contributed by atoms with van der Waals surface area (Å²) >= 11 is 0. The fraction of sp³-hybridized carbons (Fsp3) is 0.917. The Balaban J connectivity index is 1.21. The van der Waals surface area contributed by atoms with Crippen LogP contribution in [0.25, 0.3) is 0 Å². The molecule has 3 fully saturated rings. The second-order valence-corrected chi connectivity index (χ2v) is 9.15. The van der Waals surface area contributed by atoms with E-state index in [4.69, 9.17) is 18.9 Å². The highest BCUT2D eigenvalue weighted by molar-refractivity contribution is 5.75. The van der Waals surface area contributed by atoms with Crippen molar-refractivity contribution < 1.29 is 28.5 Å². The third kappa shape index (κ3) is 8.18. The summed E-state index contributed by atoms with van der Waals surface area (Å²) in [5.74, 6) is -0.485. The number of hydrogen-bond donors (Lipinski definition) is 0. The summed E-state index contributed by atoms with van der Waals surface area (Å²) in [6.07, 6.45) is 15.5. The van der Waals surface area contributed by atoms with E-state index in [2.05, 4.69) is 0 Å². The smallest absolute Gasteiger partial charge is 0.309 e. The minimum atomic E-state index is -0.144. The lowest BCUT2D eigenvalue weighted by Crippen LogP contribution is -2.30. The molecule has 0 aromatic carbocycles. The van der Waals surface area contributed by atoms with E-state index in [9.17, 15) is 9.59 Å². The molecule has 0 amide bonds. The fourth-order valence-corrected chi connectivity index (χ4v) is 4.98. The molecule has 0 aromatic heterocycles. The molecule has 0 bridgehead atoms. The highest BCUT2D eigenvalue weighted by Gasteiger charge is 2.31. The highest BCUT2D eigenvalue weighted by atomic mass is 16.6. The third-order valence-corrected chi connectivity index (χ3v) is 6.86. The summed E-state index contributed by atoms with van der Waals surface area (Å²) in [6, 6.07) is 0. The second-order valence-electron chi connectivity index (χ2n) is 9.15. The van der Waals surface area contributed by atoms with E-state index in [1.165, 1.54) is 38.5 Å². The van der Waals surface area contributed by atoms with Crippen LogP contribution in [0.5, 0.6) is 0 Å². The quantitative estimate of drug-likeness (QED) is 0.378. The minimum Gasteiger partial charge on any atom is -0.463 e. The van der Waals surface area contributed by atoms with Crippen LogP contribution in [0.4, 0.5) is 0 Å². The molecule has 6 heteroatoms. The van der Waals surface area contributed by atoms with Crippen molar-refractivity contribution in [3.63, 3.8) is 0 Å². The molecule has 0 unspecified atom stereocenters. The van der Waals surface area contributed by atoms with Gasteiger partial charge in [0.15, 0.2) is 0 Å². The number of hydrogen-bond acceptors (Lipinski definition) is 6. The van der Waals surface area contributed by atoms with Gasteiger partial charge < -0.3 is 18.9 Å². The Hall–Kier alpha value is -1.14. The molecule has 0 aliphatic heterocycles. The Kier molecular flexibility index (Phi) is 10.4. The van der Waals surface area contributed by atoms with Crippen LogP contribution in [0.2, 0.25) is 0 Å². The highest BCUT2D eigenvalue weighted by Crippen LogP contribution is 2.30. The van der Waals surface area contributed by atoms with Crippen molar-refractivity contribution in [2.45, 2.75) is 102 Å². The van der Waals surface area contributed by atoms with Gasteiger partial charge in [-0.25, -0.2) is 0 Å². The van der Waals surface area contributed by atoms with Crippen LogP contribution in [0.3, 0.4) is 0 Å². The maximum atomic E-state index is 12.3. The van der Waals surface area contributed by atoms with Gasteiger partial charge in [-0.15, -0.1) is 0 Å². The molecule has 0 heterocycles. The standard InChI is InChI=1S/C24H40O6/c25-23(29-17-15-27-21-7-3-1-4-8-21)19-11-13-20(14-12-19)24(26)30-18-16-28-22-9-5-2-6-10-22/h19-22H,1-18H2. The lowest BCUT2D eigenvalue weighted by Gasteiger charge is -2.26. The van der Waals surface area contributed by atoms with Gasteiger partial charge >= 0.3 is 11.9 Å². The lowest BCUT2D eigenvalue weighted by atomic mass is 9.82. The van der Waals surface area contributed by atoms with Gasteiger partial charge in [0.1, 0.15) is 13.2 Å². The van der Waals surface area contributed by atoms with Gasteiger partial charge in [-0.05, 0) is 51.4 Å². The van der Waals surface area contributed by atoms with Crippen LogP contribution in [0, 0.1) is 11.8 Å². The van der Waals surface area contributed by atoms with Crippen molar-refractivity contribution in [1.82, 2.24) is 0 Å². The van der Waals surface area contributed by atoms with Crippen molar-refractivity contribution in [3.05, 3.63) is 0 Å². The van der Waals surface area contributed by atoms with Gasteiger partial charge in [0.05, 0.1) is 37.3 Å². The summed E-state index contributed by atoms with van der Waals surface area (Å²) in [4.78, 5) is 24.6. The molecule has 3 saturated carbocycles. The van der Waals surface area contributed by atoms with Gasteiger partial charge in [0.2, 0.25) is 0 Å². The Bertz CT molecular complexity index is 456. The zero-order valence-corrected chi connectivity index (χ0v) is 18.5. The van der Waals surface area contributed by atoms with Crippen molar-refractivity contribution >= 4 is 11.9 Å². The van der Waals surface area contributed by atoms with E-state index in [0.717, 1.165) is 25.7 Å². The molecule has 0 aromatic rings. The number of ether oxygens (including phenoxy) is 4. The van der Waals surface area contributed by atoms with Gasteiger partial charge in [-0.2, -0.15) is 0 Å². The van der Waals surface area contributed by atoms with E-state index in [0.29, 0.717) is 64.3 Å². The summed E-state index contributed by atoms with van der Waals surface area (Å²) in [6.45, 7) is 1.64. The second kappa shape index (κ2) is 13.3. The Morgan fingerprint density at radius 1 is 0.500 bits per heavy atom. The molecule has 0 radical (unpaired) electrons. The molecular weight excluding hydrogens is 384 g/mol. The minimum absolute atomic E-state index is 0.0987. The maximum absolute atomic E-state index is 12.3. The molecule has 3 aliphatic carbocycles. The molecule has 0 saturated heterocycles. The van der Waals surface area contributed by atoms with Crippen molar-refractivity contribution in [2.75, 3.05) is 26.4 Å². The summed E-state index contributed by atoms with van der Waals surface area (Å²) < 4.78 is 22.4. The SMILES string of the molecule is O=C(OCCOC1CCCCC1)C1CCC(C(=O)OCCOC2CCCCC2)CC1. The molecule has 30 heavy (non-hydrogen) atoms. The van der Waals surface area contributed by atoms with Gasteiger partial charge in [-0.1, -0.05) is 38.5 Å². The Morgan fingerprint density at radius 3 is 1.23 bits per heavy atom. The van der Waals surface area contributed by atoms with Crippen molar-refractivity contribution in [2.24, 2.45) is 11.8 Å². The number of carbonyl (C=O) groups is 2. The number of rotatable bonds is 10. The molecule has 172 valence electrons. The molecule has 3 aliphatic rings. The molecular formula is C24H40O6. The largest absolute Gasteiger partial charge is 0.463 e. The van der Waals surface area contributed by atoms with Crippen LogP contribution >= 0.6 is 0 Å². The molecule has 0 atom stereocenters. The van der Waals surface area contributed by atoms with E-state index >= 15 is 0 Å². The first kappa shape index (κ1) is 23.5. The first-order chi connectivity index (χ1) is 14.7. The average molecular weight is 425 g/mol. The van der Waals surface area contributed by atoms with Crippen molar-refractivity contribution in [1.29, 1.82) is 0 Å². The normalized spacial score (nSPS) is 26.3. The predicted octanol–water partition coefficient (Wildman–Crippen LogP) is 4.58. The van der Waals surface area contributed by atoms with Crippen LogP contribution in [-0.2, 0) is 28.5 Å². The average Bonchev–Trinajstić information content (AvgIpc) is 2.81. The fourth-order valence-electron chi connectivity index (χ4n) is 4.98. The van der Waals surface area contributed by atoms with E-state index in [-0.39, 0.29) is 23.8 Å². The predicted molar refractivity (Wildman–Crippen MR) is 113 cm³/mol. The summed E-state index contributed by atoms with van der Waals surface area (Å²) in [7, 11) is 0. The molecule has 6 nitrogen and oxygen atoms in total.